The second-order valence-electron chi connectivity index (χ2n) is 14.5. The summed E-state index contributed by atoms with van der Waals surface area (Å²) < 4.78 is 11.7. The van der Waals surface area contributed by atoms with Gasteiger partial charge >= 0.3 is 12.0 Å². The number of nitrogens with one attached hydrogen (secondary N) is 4. The molecule has 4 fully saturated rings. The van der Waals surface area contributed by atoms with Crippen molar-refractivity contribution < 1.29 is 38.2 Å². The Morgan fingerprint density at radius 1 is 0.944 bits per heavy atom. The number of aromatic nitrogens is 1. The van der Waals surface area contributed by atoms with Crippen molar-refractivity contribution in [3.63, 3.8) is 0 Å². The van der Waals surface area contributed by atoms with Gasteiger partial charge in [0.25, 0.3) is 0 Å². The molecule has 2 aromatic rings. The molecule has 6 rings (SSSR count). The monoisotopic (exact) mass is 766 g/mol. The summed E-state index contributed by atoms with van der Waals surface area (Å²) >= 11 is 1.21. The first-order valence-corrected chi connectivity index (χ1v) is 19.7. The smallest absolute Gasteiger partial charge is 0.328 e. The van der Waals surface area contributed by atoms with Crippen LogP contribution in [0.25, 0.3) is 0 Å². The number of nitrogens with zero attached hydrogens (tertiary/aromatic N) is 4. The maximum absolute atomic E-state index is 14.5. The minimum absolute atomic E-state index is 0.0233. The van der Waals surface area contributed by atoms with Crippen molar-refractivity contribution >= 4 is 52.1 Å². The van der Waals surface area contributed by atoms with Crippen LogP contribution in [0, 0.1) is 5.92 Å². The zero-order valence-corrected chi connectivity index (χ0v) is 31.6. The first-order valence-electron chi connectivity index (χ1n) is 18.8. The topological polar surface area (TPSA) is 192 Å². The summed E-state index contributed by atoms with van der Waals surface area (Å²) in [6, 6.07) is 3.37. The Bertz CT molecular complexity index is 1650. The molecule has 4 N–H and O–H groups in total. The van der Waals surface area contributed by atoms with E-state index in [4.69, 9.17) is 9.47 Å². The van der Waals surface area contributed by atoms with Gasteiger partial charge in [-0.2, -0.15) is 0 Å². The first-order chi connectivity index (χ1) is 26.1. The summed E-state index contributed by atoms with van der Waals surface area (Å²) in [4.78, 5) is 92.0. The molecule has 6 amide bonds. The average Bonchev–Trinajstić information content (AvgIpc) is 3.96. The molecule has 16 nitrogen and oxygen atoms in total. The van der Waals surface area contributed by atoms with E-state index >= 15 is 0 Å². The maximum Gasteiger partial charge on any atom is 0.328 e. The lowest BCUT2D eigenvalue weighted by Gasteiger charge is -2.39. The summed E-state index contributed by atoms with van der Waals surface area (Å²) in [6.07, 6.45) is 5.52. The standard InChI is InChI=1S/C37H50N8O8S/c1-23-17-30-35(50)53-21-28(40-31(46)27(18-25-9-4-3-5-10-25)41-36(51)42-37-38-13-16-54-37)33(48)44-15-8-12-29(44)34(49)43-14-7-6-11-26(43)20-52-22-39-24(2)32(47)45(30)19-23/h3-5,9-10,13,16,23-24,26-30,39H,6-8,11-12,14-15,17-22H2,1-2H3,(H,40,46)(H2,38,41,42,51)/t23-,24+,26+,27+,28+,29+,30+/m1/s1. The Hall–Kier alpha value is -4.61. The molecule has 7 atom stereocenters. The van der Waals surface area contributed by atoms with E-state index in [1.165, 1.54) is 27.3 Å². The number of thiazole rings is 1. The fourth-order valence-electron chi connectivity index (χ4n) is 7.72. The number of ether oxygens (including phenoxy) is 2. The molecule has 17 heteroatoms. The van der Waals surface area contributed by atoms with E-state index in [0.717, 1.165) is 24.8 Å². The van der Waals surface area contributed by atoms with Crippen molar-refractivity contribution in [3.05, 3.63) is 47.5 Å². The fraction of sp³-hybridized carbons (Fsp3) is 0.595. The van der Waals surface area contributed by atoms with Crippen LogP contribution < -0.4 is 21.3 Å². The lowest BCUT2D eigenvalue weighted by molar-refractivity contribution is -0.157. The number of amides is 6. The van der Waals surface area contributed by atoms with Gasteiger partial charge in [0, 0.05) is 37.6 Å². The van der Waals surface area contributed by atoms with Crippen LogP contribution in [0.2, 0.25) is 0 Å². The largest absolute Gasteiger partial charge is 0.461 e. The maximum atomic E-state index is 14.5. The predicted molar refractivity (Wildman–Crippen MR) is 198 cm³/mol. The fourth-order valence-corrected chi connectivity index (χ4v) is 8.24. The predicted octanol–water partition coefficient (Wildman–Crippen LogP) is 1.48. The number of cyclic esters (lactones) is 1. The SMILES string of the molecule is C[C@@H]1C[C@H]2C(=O)OC[C@H](NC(=O)[C@H](Cc3ccccc3)NC(=O)Nc3nccs3)C(=O)N3CCC[C@H]3C(=O)N3CCCC[C@H]3COCN[C@@H](C)C(=O)N2C1. The molecule has 0 bridgehead atoms. The lowest BCUT2D eigenvalue weighted by Crippen LogP contribution is -2.60. The third-order valence-corrected chi connectivity index (χ3v) is 11.2. The van der Waals surface area contributed by atoms with Gasteiger partial charge in [-0.1, -0.05) is 37.3 Å². The summed E-state index contributed by atoms with van der Waals surface area (Å²) in [5.41, 5.74) is 0.753. The number of rotatable bonds is 6. The third kappa shape index (κ3) is 9.54. The van der Waals surface area contributed by atoms with Crippen molar-refractivity contribution in [1.82, 2.24) is 35.6 Å². The molecule has 54 heavy (non-hydrogen) atoms. The number of esters is 1. The number of anilines is 1. The number of hydrogen-bond donors (Lipinski definition) is 4. The number of urea groups is 1. The minimum atomic E-state index is -1.39. The van der Waals surface area contributed by atoms with Crippen LogP contribution in [0.5, 0.6) is 0 Å². The normalized spacial score (nSPS) is 27.9. The van der Waals surface area contributed by atoms with Gasteiger partial charge in [-0.05, 0) is 56.9 Å². The van der Waals surface area contributed by atoms with Crippen LogP contribution >= 0.6 is 11.3 Å². The molecule has 0 spiro atoms. The number of carbonyl (C=O) groups excluding carboxylic acids is 6. The lowest BCUT2D eigenvalue weighted by atomic mass is 10.0. The Morgan fingerprint density at radius 3 is 2.52 bits per heavy atom. The number of hydrogen-bond acceptors (Lipinski definition) is 11. The molecule has 0 unspecified atom stereocenters. The second-order valence-corrected chi connectivity index (χ2v) is 15.4. The highest BCUT2D eigenvalue weighted by Crippen LogP contribution is 2.27. The number of benzene rings is 1. The van der Waals surface area contributed by atoms with Crippen molar-refractivity contribution in [1.29, 1.82) is 0 Å². The quantitative estimate of drug-likeness (QED) is 0.314. The van der Waals surface area contributed by atoms with Gasteiger partial charge in [-0.25, -0.2) is 14.6 Å². The number of piperidine rings is 1. The highest BCUT2D eigenvalue weighted by Gasteiger charge is 2.44. The summed E-state index contributed by atoms with van der Waals surface area (Å²) in [6.45, 7) is 4.63. The summed E-state index contributed by atoms with van der Waals surface area (Å²) in [5.74, 6) is -2.41. The van der Waals surface area contributed by atoms with Crippen LogP contribution in [0.1, 0.15) is 57.9 Å². The van der Waals surface area contributed by atoms with Crippen molar-refractivity contribution in [2.24, 2.45) is 5.92 Å². The van der Waals surface area contributed by atoms with Gasteiger partial charge in [-0.3, -0.25) is 29.8 Å². The molecule has 5 heterocycles. The van der Waals surface area contributed by atoms with E-state index in [1.807, 2.05) is 37.3 Å². The van der Waals surface area contributed by atoms with Gasteiger partial charge in [0.05, 0.1) is 25.4 Å². The first kappa shape index (κ1) is 39.1. The van der Waals surface area contributed by atoms with Crippen molar-refractivity contribution in [3.8, 4) is 0 Å². The minimum Gasteiger partial charge on any atom is -0.461 e. The van der Waals surface area contributed by atoms with Gasteiger partial charge in [0.2, 0.25) is 23.6 Å². The van der Waals surface area contributed by atoms with Crippen LogP contribution in [0.3, 0.4) is 0 Å². The average molecular weight is 767 g/mol. The third-order valence-electron chi connectivity index (χ3n) is 10.5. The van der Waals surface area contributed by atoms with E-state index in [0.29, 0.717) is 37.5 Å². The molecule has 1 aromatic heterocycles. The summed E-state index contributed by atoms with van der Waals surface area (Å²) in [5, 5.41) is 13.2. The number of fused-ring (bicyclic) bond motifs is 3. The van der Waals surface area contributed by atoms with E-state index in [1.54, 1.807) is 17.2 Å². The van der Waals surface area contributed by atoms with Gasteiger partial charge < -0.3 is 34.8 Å². The molecule has 1 aromatic carbocycles. The van der Waals surface area contributed by atoms with Crippen LogP contribution in [0.4, 0.5) is 9.93 Å². The van der Waals surface area contributed by atoms with Crippen LogP contribution in [-0.4, -0.2) is 131 Å². The molecule has 0 saturated carbocycles. The Balaban J connectivity index is 1.27. The highest BCUT2D eigenvalue weighted by molar-refractivity contribution is 7.13. The van der Waals surface area contributed by atoms with E-state index in [9.17, 15) is 28.8 Å². The highest BCUT2D eigenvalue weighted by atomic mass is 32.1. The number of carbonyl (C=O) groups is 6. The Labute approximate surface area is 318 Å². The molecule has 4 aliphatic heterocycles. The van der Waals surface area contributed by atoms with Crippen molar-refractivity contribution in [2.75, 3.05) is 44.9 Å². The van der Waals surface area contributed by atoms with Crippen LogP contribution in [0.15, 0.2) is 41.9 Å². The molecular weight excluding hydrogens is 717 g/mol. The van der Waals surface area contributed by atoms with Gasteiger partial charge in [0.1, 0.15) is 30.8 Å². The van der Waals surface area contributed by atoms with Crippen molar-refractivity contribution in [2.45, 2.75) is 95.0 Å². The molecule has 4 saturated heterocycles. The molecular formula is C37H50N8O8S. The van der Waals surface area contributed by atoms with Gasteiger partial charge in [-0.15, -0.1) is 11.3 Å². The second kappa shape index (κ2) is 18.1. The molecule has 0 radical (unpaired) electrons. The zero-order chi connectivity index (χ0) is 38.2. The Morgan fingerprint density at radius 2 is 1.74 bits per heavy atom. The molecule has 0 aliphatic carbocycles. The molecule has 4 aliphatic rings. The Kier molecular flexibility index (Phi) is 13.1. The molecule has 292 valence electrons. The zero-order valence-electron chi connectivity index (χ0n) is 30.7. The van der Waals surface area contributed by atoms with E-state index in [-0.39, 0.29) is 50.1 Å². The van der Waals surface area contributed by atoms with E-state index in [2.05, 4.69) is 26.3 Å². The van der Waals surface area contributed by atoms with Gasteiger partial charge in [0.15, 0.2) is 5.13 Å². The summed E-state index contributed by atoms with van der Waals surface area (Å²) in [7, 11) is 0. The van der Waals surface area contributed by atoms with Crippen LogP contribution in [-0.2, 0) is 39.9 Å². The van der Waals surface area contributed by atoms with E-state index < -0.39 is 60.6 Å².